The van der Waals surface area contributed by atoms with E-state index in [0.717, 1.165) is 5.39 Å². The van der Waals surface area contributed by atoms with Gasteiger partial charge >= 0.3 is 0 Å². The number of anilines is 1. The first-order chi connectivity index (χ1) is 9.51. The number of nitrogens with one attached hydrogen (secondary N) is 1. The third kappa shape index (κ3) is 2.62. The van der Waals surface area contributed by atoms with E-state index in [0.29, 0.717) is 29.2 Å². The molecule has 0 aliphatic carbocycles. The molecule has 0 spiro atoms. The van der Waals surface area contributed by atoms with Crippen LogP contribution >= 0.6 is 11.6 Å². The average molecular weight is 292 g/mol. The van der Waals surface area contributed by atoms with E-state index in [1.165, 1.54) is 0 Å². The van der Waals surface area contributed by atoms with E-state index < -0.39 is 5.41 Å². The Bertz CT molecular complexity index is 638. The second-order valence-corrected chi connectivity index (χ2v) is 5.47. The largest absolute Gasteiger partial charge is 0.329 e. The smallest absolute Gasteiger partial charge is 0.231 e. The van der Waals surface area contributed by atoms with Crippen molar-refractivity contribution < 1.29 is 4.79 Å². The number of hydrogen-bond acceptors (Lipinski definition) is 3. The molecule has 1 unspecified atom stereocenters. The molecule has 0 saturated heterocycles. The van der Waals surface area contributed by atoms with Crippen LogP contribution < -0.4 is 11.1 Å². The molecule has 1 heterocycles. The van der Waals surface area contributed by atoms with Gasteiger partial charge in [-0.1, -0.05) is 18.5 Å². The van der Waals surface area contributed by atoms with Crippen molar-refractivity contribution in [3.63, 3.8) is 0 Å². The fourth-order valence-corrected chi connectivity index (χ4v) is 2.13. The van der Waals surface area contributed by atoms with E-state index in [2.05, 4.69) is 10.3 Å². The van der Waals surface area contributed by atoms with Crippen LogP contribution in [0.4, 0.5) is 5.69 Å². The number of hydrogen-bond donors (Lipinski definition) is 2. The Morgan fingerprint density at radius 3 is 2.85 bits per heavy atom. The lowest BCUT2D eigenvalue weighted by atomic mass is 9.86. The summed E-state index contributed by atoms with van der Waals surface area (Å²) in [6.45, 7) is 4.10. The maximum atomic E-state index is 12.4. The molecule has 0 saturated carbocycles. The Balaban J connectivity index is 2.40. The molecule has 1 aromatic carbocycles. The van der Waals surface area contributed by atoms with Crippen molar-refractivity contribution >= 4 is 34.1 Å². The third-order valence-electron chi connectivity index (χ3n) is 3.74. The monoisotopic (exact) mass is 291 g/mol. The molecular weight excluding hydrogens is 274 g/mol. The number of aromatic nitrogens is 1. The van der Waals surface area contributed by atoms with Gasteiger partial charge < -0.3 is 11.1 Å². The Morgan fingerprint density at radius 2 is 2.20 bits per heavy atom. The number of benzene rings is 1. The number of fused-ring (bicyclic) bond motifs is 1. The van der Waals surface area contributed by atoms with Crippen molar-refractivity contribution in [2.45, 2.75) is 20.3 Å². The highest BCUT2D eigenvalue weighted by atomic mass is 35.5. The highest BCUT2D eigenvalue weighted by molar-refractivity contribution is 6.35. The number of amides is 1. The van der Waals surface area contributed by atoms with Gasteiger partial charge in [0.1, 0.15) is 0 Å². The van der Waals surface area contributed by atoms with Crippen LogP contribution in [-0.2, 0) is 4.79 Å². The molecule has 0 fully saturated rings. The van der Waals surface area contributed by atoms with Crippen LogP contribution in [-0.4, -0.2) is 17.4 Å². The van der Waals surface area contributed by atoms with Gasteiger partial charge in [0.05, 0.1) is 21.6 Å². The molecule has 1 amide bonds. The second kappa shape index (κ2) is 5.77. The van der Waals surface area contributed by atoms with Crippen LogP contribution in [0.3, 0.4) is 0 Å². The molecule has 5 heteroatoms. The molecule has 20 heavy (non-hydrogen) atoms. The number of halogens is 1. The van der Waals surface area contributed by atoms with Gasteiger partial charge in [0.15, 0.2) is 0 Å². The molecule has 0 aliphatic rings. The standard InChI is InChI=1S/C15H18ClN3O/c1-3-15(2,9-17)14(20)19-12-7-6-11(16)10-5-4-8-18-13(10)12/h4-8H,3,9,17H2,1-2H3,(H,19,20). The fraction of sp³-hybridized carbons (Fsp3) is 0.333. The minimum absolute atomic E-state index is 0.100. The fourth-order valence-electron chi connectivity index (χ4n) is 1.91. The minimum Gasteiger partial charge on any atom is -0.329 e. The van der Waals surface area contributed by atoms with E-state index in [1.807, 2.05) is 26.0 Å². The number of pyridine rings is 1. The van der Waals surface area contributed by atoms with Crippen molar-refractivity contribution in [3.8, 4) is 0 Å². The number of nitrogens with zero attached hydrogens (tertiary/aromatic N) is 1. The molecule has 0 bridgehead atoms. The molecule has 0 radical (unpaired) electrons. The molecule has 2 aromatic rings. The van der Waals surface area contributed by atoms with Gasteiger partial charge in [-0.15, -0.1) is 0 Å². The second-order valence-electron chi connectivity index (χ2n) is 5.07. The van der Waals surface area contributed by atoms with Crippen molar-refractivity contribution in [1.29, 1.82) is 0 Å². The first-order valence-corrected chi connectivity index (χ1v) is 6.94. The van der Waals surface area contributed by atoms with Crippen molar-refractivity contribution in [3.05, 3.63) is 35.5 Å². The van der Waals surface area contributed by atoms with E-state index >= 15 is 0 Å². The maximum absolute atomic E-state index is 12.4. The molecular formula is C15H18ClN3O. The summed E-state index contributed by atoms with van der Waals surface area (Å²) >= 11 is 6.14. The molecule has 4 nitrogen and oxygen atoms in total. The van der Waals surface area contributed by atoms with Crippen LogP contribution in [0.5, 0.6) is 0 Å². The van der Waals surface area contributed by atoms with Crippen LogP contribution in [0.25, 0.3) is 10.9 Å². The van der Waals surface area contributed by atoms with Crippen LogP contribution in [0.2, 0.25) is 5.02 Å². The zero-order valence-electron chi connectivity index (χ0n) is 11.6. The molecule has 0 aliphatic heterocycles. The summed E-state index contributed by atoms with van der Waals surface area (Å²) < 4.78 is 0. The van der Waals surface area contributed by atoms with Crippen molar-refractivity contribution in [2.75, 3.05) is 11.9 Å². The lowest BCUT2D eigenvalue weighted by Gasteiger charge is -2.25. The minimum atomic E-state index is -0.583. The van der Waals surface area contributed by atoms with Crippen molar-refractivity contribution in [1.82, 2.24) is 4.98 Å². The van der Waals surface area contributed by atoms with E-state index in [-0.39, 0.29) is 5.91 Å². The summed E-state index contributed by atoms with van der Waals surface area (Å²) in [5.74, 6) is -0.100. The topological polar surface area (TPSA) is 68.0 Å². The normalized spacial score (nSPS) is 14.0. The zero-order chi connectivity index (χ0) is 14.8. The predicted molar refractivity (Wildman–Crippen MR) is 82.8 cm³/mol. The lowest BCUT2D eigenvalue weighted by molar-refractivity contribution is -0.124. The highest BCUT2D eigenvalue weighted by Crippen LogP contribution is 2.29. The van der Waals surface area contributed by atoms with Gasteiger partial charge in [0.25, 0.3) is 0 Å². The zero-order valence-corrected chi connectivity index (χ0v) is 12.4. The van der Waals surface area contributed by atoms with E-state index in [4.69, 9.17) is 17.3 Å². The van der Waals surface area contributed by atoms with Gasteiger partial charge in [0.2, 0.25) is 5.91 Å². The average Bonchev–Trinajstić information content (AvgIpc) is 2.49. The molecule has 106 valence electrons. The van der Waals surface area contributed by atoms with Gasteiger partial charge in [-0.05, 0) is 37.6 Å². The van der Waals surface area contributed by atoms with Gasteiger partial charge in [-0.2, -0.15) is 0 Å². The van der Waals surface area contributed by atoms with Crippen LogP contribution in [0.15, 0.2) is 30.5 Å². The highest BCUT2D eigenvalue weighted by Gasteiger charge is 2.30. The molecule has 1 atom stereocenters. The predicted octanol–water partition coefficient (Wildman–Crippen LogP) is 3.20. The van der Waals surface area contributed by atoms with E-state index in [1.54, 1.807) is 18.3 Å². The van der Waals surface area contributed by atoms with Gasteiger partial charge in [0, 0.05) is 18.1 Å². The molecule has 2 rings (SSSR count). The van der Waals surface area contributed by atoms with Gasteiger partial charge in [-0.3, -0.25) is 9.78 Å². The van der Waals surface area contributed by atoms with Gasteiger partial charge in [-0.25, -0.2) is 0 Å². The summed E-state index contributed by atoms with van der Waals surface area (Å²) in [4.78, 5) is 16.7. The first kappa shape index (κ1) is 14.8. The quantitative estimate of drug-likeness (QED) is 0.909. The SMILES string of the molecule is CCC(C)(CN)C(=O)Nc1ccc(Cl)c2cccnc12. The third-order valence-corrected chi connectivity index (χ3v) is 4.07. The summed E-state index contributed by atoms with van der Waals surface area (Å²) in [5, 5.41) is 4.35. The maximum Gasteiger partial charge on any atom is 0.231 e. The summed E-state index contributed by atoms with van der Waals surface area (Å²) in [5.41, 5.74) is 6.47. The summed E-state index contributed by atoms with van der Waals surface area (Å²) in [6.07, 6.45) is 2.35. The van der Waals surface area contributed by atoms with Crippen molar-refractivity contribution in [2.24, 2.45) is 11.1 Å². The van der Waals surface area contributed by atoms with E-state index in [9.17, 15) is 4.79 Å². The lowest BCUT2D eigenvalue weighted by Crippen LogP contribution is -2.39. The molecule has 1 aromatic heterocycles. The Kier molecular flexibility index (Phi) is 4.26. The Hall–Kier alpha value is -1.65. The number of nitrogens with two attached hydrogens (primary N) is 1. The number of carbonyl (C=O) groups excluding carboxylic acids is 1. The Labute approximate surface area is 123 Å². The van der Waals surface area contributed by atoms with Crippen LogP contribution in [0, 0.1) is 5.41 Å². The number of rotatable bonds is 4. The van der Waals surface area contributed by atoms with Crippen LogP contribution in [0.1, 0.15) is 20.3 Å². The summed E-state index contributed by atoms with van der Waals surface area (Å²) in [7, 11) is 0. The molecule has 3 N–H and O–H groups in total. The Morgan fingerprint density at radius 1 is 1.45 bits per heavy atom. The first-order valence-electron chi connectivity index (χ1n) is 6.56. The summed E-state index contributed by atoms with van der Waals surface area (Å²) in [6, 6.07) is 7.22. The number of carbonyl (C=O) groups is 1.